The van der Waals surface area contributed by atoms with E-state index in [2.05, 4.69) is 0 Å². The van der Waals surface area contributed by atoms with Gasteiger partial charge in [-0.05, 0) is 56.0 Å². The molecule has 0 radical (unpaired) electrons. The highest BCUT2D eigenvalue weighted by atomic mass is 32.2. The summed E-state index contributed by atoms with van der Waals surface area (Å²) in [4.78, 5) is 1.71. The molecule has 0 aliphatic rings. The molecular formula is C15H23F3N2S. The summed E-state index contributed by atoms with van der Waals surface area (Å²) in [7, 11) is 1.72. The molecule has 0 saturated heterocycles. The number of nitrogens with two attached hydrogens (primary N) is 1. The zero-order chi connectivity index (χ0) is 16.0. The Morgan fingerprint density at radius 2 is 2.00 bits per heavy atom. The fraction of sp³-hybridized carbons (Fsp3) is 0.600. The Balaban J connectivity index is 3.10. The molecule has 0 aliphatic carbocycles. The zero-order valence-electron chi connectivity index (χ0n) is 12.7. The normalized spacial score (nSPS) is 13.3. The summed E-state index contributed by atoms with van der Waals surface area (Å²) in [6, 6.07) is 4.57. The second-order valence-corrected chi connectivity index (χ2v) is 6.11. The van der Waals surface area contributed by atoms with Crippen LogP contribution in [0.25, 0.3) is 0 Å². The summed E-state index contributed by atoms with van der Waals surface area (Å²) in [5.74, 6) is 0.929. The Kier molecular flexibility index (Phi) is 6.87. The molecule has 0 saturated carbocycles. The van der Waals surface area contributed by atoms with Crippen molar-refractivity contribution in [2.75, 3.05) is 30.5 Å². The van der Waals surface area contributed by atoms with Gasteiger partial charge in [0.1, 0.15) is 0 Å². The molecule has 1 aromatic carbocycles. The van der Waals surface area contributed by atoms with Gasteiger partial charge in [-0.25, -0.2) is 0 Å². The molecule has 0 aliphatic heterocycles. The first kappa shape index (κ1) is 18.2. The molecule has 1 atom stereocenters. The van der Waals surface area contributed by atoms with Crippen LogP contribution in [0.5, 0.6) is 0 Å². The van der Waals surface area contributed by atoms with Crippen molar-refractivity contribution in [3.05, 3.63) is 29.3 Å². The van der Waals surface area contributed by atoms with Crippen LogP contribution in [0.2, 0.25) is 0 Å². The van der Waals surface area contributed by atoms with Gasteiger partial charge in [0.25, 0.3) is 0 Å². The molecule has 0 heterocycles. The highest BCUT2D eigenvalue weighted by molar-refractivity contribution is 7.98. The first-order valence-electron chi connectivity index (χ1n) is 6.93. The average molecular weight is 320 g/mol. The van der Waals surface area contributed by atoms with Crippen LogP contribution in [-0.2, 0) is 12.6 Å². The van der Waals surface area contributed by atoms with Crippen LogP contribution in [0.4, 0.5) is 18.9 Å². The Bertz CT molecular complexity index is 449. The van der Waals surface area contributed by atoms with Crippen LogP contribution < -0.4 is 10.6 Å². The molecular weight excluding hydrogens is 297 g/mol. The molecule has 1 rings (SSSR count). The first-order valence-corrected chi connectivity index (χ1v) is 8.32. The topological polar surface area (TPSA) is 29.3 Å². The van der Waals surface area contributed by atoms with E-state index in [1.165, 1.54) is 6.07 Å². The molecule has 1 unspecified atom stereocenters. The third-order valence-electron chi connectivity index (χ3n) is 3.58. The van der Waals surface area contributed by atoms with E-state index < -0.39 is 11.7 Å². The Hall–Kier alpha value is -0.880. The summed E-state index contributed by atoms with van der Waals surface area (Å²) in [6.45, 7) is 2.29. The van der Waals surface area contributed by atoms with Gasteiger partial charge in [-0.2, -0.15) is 24.9 Å². The van der Waals surface area contributed by atoms with Gasteiger partial charge in [0.2, 0.25) is 0 Å². The van der Waals surface area contributed by atoms with Crippen molar-refractivity contribution < 1.29 is 13.2 Å². The van der Waals surface area contributed by atoms with Crippen molar-refractivity contribution in [2.24, 2.45) is 5.73 Å². The molecule has 0 aromatic heterocycles. The lowest BCUT2D eigenvalue weighted by Gasteiger charge is -2.30. The highest BCUT2D eigenvalue weighted by Gasteiger charge is 2.35. The lowest BCUT2D eigenvalue weighted by atomic mass is 10.0. The molecule has 120 valence electrons. The molecule has 0 bridgehead atoms. The molecule has 21 heavy (non-hydrogen) atoms. The number of alkyl halides is 3. The number of rotatable bonds is 7. The monoisotopic (exact) mass is 320 g/mol. The number of hydrogen-bond acceptors (Lipinski definition) is 3. The quantitative estimate of drug-likeness (QED) is 0.829. The van der Waals surface area contributed by atoms with Gasteiger partial charge in [0.05, 0.1) is 5.56 Å². The minimum atomic E-state index is -4.35. The van der Waals surface area contributed by atoms with E-state index in [-0.39, 0.29) is 11.7 Å². The number of hydrogen-bond donors (Lipinski definition) is 1. The summed E-state index contributed by atoms with van der Waals surface area (Å²) in [5, 5.41) is 0. The Morgan fingerprint density at radius 3 is 2.52 bits per heavy atom. The summed E-state index contributed by atoms with van der Waals surface area (Å²) in [5.41, 5.74) is 5.71. The van der Waals surface area contributed by atoms with E-state index in [1.807, 2.05) is 13.2 Å². The first-order chi connectivity index (χ1) is 9.81. The van der Waals surface area contributed by atoms with Crippen molar-refractivity contribution in [1.29, 1.82) is 0 Å². The number of nitrogens with zero attached hydrogens (tertiary/aromatic N) is 1. The maximum atomic E-state index is 13.3. The third kappa shape index (κ3) is 5.11. The van der Waals surface area contributed by atoms with Crippen molar-refractivity contribution in [3.63, 3.8) is 0 Å². The Morgan fingerprint density at radius 1 is 1.33 bits per heavy atom. The summed E-state index contributed by atoms with van der Waals surface area (Å²) >= 11 is 1.70. The van der Waals surface area contributed by atoms with Crippen LogP contribution in [-0.4, -0.2) is 31.6 Å². The minimum absolute atomic E-state index is 0.0545. The summed E-state index contributed by atoms with van der Waals surface area (Å²) in [6.07, 6.45) is -1.06. The van der Waals surface area contributed by atoms with Crippen LogP contribution >= 0.6 is 11.8 Å². The second kappa shape index (κ2) is 7.94. The summed E-state index contributed by atoms with van der Waals surface area (Å²) < 4.78 is 39.8. The van der Waals surface area contributed by atoms with E-state index in [0.29, 0.717) is 18.5 Å². The molecule has 1 aromatic rings. The molecule has 6 heteroatoms. The standard InChI is InChI=1S/C15H23F3N2S/c1-11(7-9-21-3)20(2)14-5-4-12(6-8-19)10-13(14)15(16,17)18/h4-5,10-11H,6-9,19H2,1-3H3. The van der Waals surface area contributed by atoms with Crippen molar-refractivity contribution in [1.82, 2.24) is 0 Å². The molecule has 2 N–H and O–H groups in total. The fourth-order valence-corrected chi connectivity index (χ4v) is 2.74. The maximum Gasteiger partial charge on any atom is 0.418 e. The van der Waals surface area contributed by atoms with Crippen LogP contribution in [0.15, 0.2) is 18.2 Å². The molecule has 0 spiro atoms. The molecule has 0 fully saturated rings. The largest absolute Gasteiger partial charge is 0.418 e. The van der Waals surface area contributed by atoms with Gasteiger partial charge < -0.3 is 10.6 Å². The van der Waals surface area contributed by atoms with E-state index >= 15 is 0 Å². The smallest absolute Gasteiger partial charge is 0.371 e. The van der Waals surface area contributed by atoms with Gasteiger partial charge in [-0.1, -0.05) is 6.07 Å². The van der Waals surface area contributed by atoms with Crippen LogP contribution in [0.3, 0.4) is 0 Å². The van der Waals surface area contributed by atoms with E-state index in [0.717, 1.165) is 12.2 Å². The van der Waals surface area contributed by atoms with Crippen LogP contribution in [0.1, 0.15) is 24.5 Å². The Labute approximate surface area is 128 Å². The SMILES string of the molecule is CSCCC(C)N(C)c1ccc(CCN)cc1C(F)(F)F. The predicted molar refractivity (Wildman–Crippen MR) is 85.1 cm³/mol. The number of halogens is 3. The average Bonchev–Trinajstić information content (AvgIpc) is 2.43. The van der Waals surface area contributed by atoms with Crippen molar-refractivity contribution >= 4 is 17.4 Å². The zero-order valence-corrected chi connectivity index (χ0v) is 13.5. The molecule has 2 nitrogen and oxygen atoms in total. The van der Waals surface area contributed by atoms with Gasteiger partial charge in [0, 0.05) is 18.8 Å². The number of thioether (sulfide) groups is 1. The highest BCUT2D eigenvalue weighted by Crippen LogP contribution is 2.37. The van der Waals surface area contributed by atoms with Crippen molar-refractivity contribution in [2.45, 2.75) is 32.0 Å². The molecule has 0 amide bonds. The van der Waals surface area contributed by atoms with Gasteiger partial charge in [-0.3, -0.25) is 0 Å². The van der Waals surface area contributed by atoms with Gasteiger partial charge in [-0.15, -0.1) is 0 Å². The van der Waals surface area contributed by atoms with Crippen molar-refractivity contribution in [3.8, 4) is 0 Å². The lowest BCUT2D eigenvalue weighted by molar-refractivity contribution is -0.137. The third-order valence-corrected chi connectivity index (χ3v) is 4.22. The fourth-order valence-electron chi connectivity index (χ4n) is 2.16. The van der Waals surface area contributed by atoms with Crippen LogP contribution in [0, 0.1) is 0 Å². The van der Waals surface area contributed by atoms with E-state index in [9.17, 15) is 13.2 Å². The lowest BCUT2D eigenvalue weighted by Crippen LogP contribution is -2.31. The minimum Gasteiger partial charge on any atom is -0.371 e. The predicted octanol–water partition coefficient (Wildman–Crippen LogP) is 3.78. The van der Waals surface area contributed by atoms with E-state index in [1.54, 1.807) is 35.8 Å². The van der Waals surface area contributed by atoms with Gasteiger partial charge >= 0.3 is 6.18 Å². The maximum absolute atomic E-state index is 13.3. The van der Waals surface area contributed by atoms with Gasteiger partial charge in [0.15, 0.2) is 0 Å². The number of benzene rings is 1. The second-order valence-electron chi connectivity index (χ2n) is 5.13. The van der Waals surface area contributed by atoms with E-state index in [4.69, 9.17) is 5.73 Å². The number of anilines is 1.